The van der Waals surface area contributed by atoms with E-state index in [1.807, 2.05) is 0 Å². The molecule has 0 spiro atoms. The predicted molar refractivity (Wildman–Crippen MR) is 123 cm³/mol. The number of unbranched alkanes of at least 4 members (excludes halogenated alkanes) is 13. The van der Waals surface area contributed by atoms with Crippen LogP contribution in [-0.4, -0.2) is 59.6 Å². The Bertz CT molecular complexity index is 399. The van der Waals surface area contributed by atoms with Gasteiger partial charge < -0.3 is 24.8 Å². The fourth-order valence-corrected chi connectivity index (χ4v) is 3.96. The summed E-state index contributed by atoms with van der Waals surface area (Å²) >= 11 is 0. The van der Waals surface area contributed by atoms with Gasteiger partial charge in [-0.3, -0.25) is 0 Å². The number of rotatable bonds is 19. The summed E-state index contributed by atoms with van der Waals surface area (Å²) < 4.78 is 11.0. The van der Waals surface area contributed by atoms with Crippen molar-refractivity contribution in [2.24, 2.45) is 0 Å². The second kappa shape index (κ2) is 19.2. The van der Waals surface area contributed by atoms with Gasteiger partial charge in [0.05, 0.1) is 13.2 Å². The maximum atomic E-state index is 10.0. The van der Waals surface area contributed by atoms with E-state index < -0.39 is 24.4 Å². The first-order valence-electron chi connectivity index (χ1n) is 12.6. The lowest BCUT2D eigenvalue weighted by Crippen LogP contribution is -2.55. The highest BCUT2D eigenvalue weighted by molar-refractivity contribution is 4.87. The molecule has 1 rings (SSSR count). The highest BCUT2D eigenvalue weighted by Crippen LogP contribution is 2.19. The molecule has 1 aliphatic rings. The first-order valence-corrected chi connectivity index (χ1v) is 12.6. The molecule has 0 aromatic heterocycles. The van der Waals surface area contributed by atoms with Gasteiger partial charge in [-0.1, -0.05) is 83.3 Å². The molecule has 1 saturated heterocycles. The van der Waals surface area contributed by atoms with Crippen LogP contribution in [0.25, 0.3) is 0 Å². The Balaban J connectivity index is 1.85. The summed E-state index contributed by atoms with van der Waals surface area (Å²) in [6.45, 7) is 2.63. The first-order chi connectivity index (χ1) is 14.7. The highest BCUT2D eigenvalue weighted by atomic mass is 16.6. The van der Waals surface area contributed by atoms with Gasteiger partial charge in [-0.15, -0.1) is 0 Å². The van der Waals surface area contributed by atoms with Crippen LogP contribution in [0.4, 0.5) is 0 Å². The van der Waals surface area contributed by atoms with Gasteiger partial charge in [-0.25, -0.2) is 0 Å². The predicted octanol–water partition coefficient (Wildman–Crippen LogP) is 4.91. The van der Waals surface area contributed by atoms with E-state index in [2.05, 4.69) is 19.1 Å². The molecule has 178 valence electrons. The molecule has 1 aliphatic heterocycles. The van der Waals surface area contributed by atoms with Crippen molar-refractivity contribution >= 4 is 0 Å². The smallest absolute Gasteiger partial charge is 0.114 e. The van der Waals surface area contributed by atoms with Crippen molar-refractivity contribution in [3.8, 4) is 0 Å². The number of aliphatic hydroxyl groups excluding tert-OH is 3. The van der Waals surface area contributed by atoms with Crippen molar-refractivity contribution in [3.63, 3.8) is 0 Å². The molecule has 0 saturated carbocycles. The average molecular weight is 429 g/mol. The Morgan fingerprint density at radius 2 is 1.33 bits per heavy atom. The van der Waals surface area contributed by atoms with Crippen LogP contribution >= 0.6 is 0 Å². The van der Waals surface area contributed by atoms with E-state index in [4.69, 9.17) is 9.47 Å². The van der Waals surface area contributed by atoms with E-state index in [9.17, 15) is 15.3 Å². The van der Waals surface area contributed by atoms with E-state index >= 15 is 0 Å². The van der Waals surface area contributed by atoms with Gasteiger partial charge in [-0.05, 0) is 32.1 Å². The Morgan fingerprint density at radius 3 is 1.90 bits per heavy atom. The van der Waals surface area contributed by atoms with Crippen LogP contribution in [0.15, 0.2) is 12.2 Å². The lowest BCUT2D eigenvalue weighted by molar-refractivity contribution is -0.211. The minimum atomic E-state index is -0.989. The quantitative estimate of drug-likeness (QED) is 0.201. The molecule has 5 heteroatoms. The third kappa shape index (κ3) is 13.1. The van der Waals surface area contributed by atoms with Crippen LogP contribution in [0.5, 0.6) is 0 Å². The number of aliphatic hydroxyl groups is 3. The number of hydrogen-bond acceptors (Lipinski definition) is 5. The molecule has 30 heavy (non-hydrogen) atoms. The van der Waals surface area contributed by atoms with Crippen molar-refractivity contribution < 1.29 is 24.8 Å². The van der Waals surface area contributed by atoms with Gasteiger partial charge in [0.2, 0.25) is 0 Å². The average Bonchev–Trinajstić information content (AvgIpc) is 2.75. The molecule has 4 atom stereocenters. The molecule has 0 bridgehead atoms. The minimum Gasteiger partial charge on any atom is -0.394 e. The van der Waals surface area contributed by atoms with Crippen molar-refractivity contribution in [3.05, 3.63) is 12.2 Å². The van der Waals surface area contributed by atoms with Crippen molar-refractivity contribution in [1.82, 2.24) is 0 Å². The summed E-state index contributed by atoms with van der Waals surface area (Å²) in [4.78, 5) is 0. The molecule has 0 aromatic rings. The van der Waals surface area contributed by atoms with E-state index in [0.717, 1.165) is 12.8 Å². The number of ether oxygens (including phenoxy) is 2. The largest absolute Gasteiger partial charge is 0.394 e. The van der Waals surface area contributed by atoms with Gasteiger partial charge in [0, 0.05) is 6.61 Å². The van der Waals surface area contributed by atoms with Gasteiger partial charge in [0.25, 0.3) is 0 Å². The molecule has 0 radical (unpaired) electrons. The van der Waals surface area contributed by atoms with E-state index in [-0.39, 0.29) is 13.2 Å². The molecule has 3 N–H and O–H groups in total. The van der Waals surface area contributed by atoms with Crippen molar-refractivity contribution in [2.45, 2.75) is 128 Å². The normalized spacial score (nSPS) is 24.7. The maximum Gasteiger partial charge on any atom is 0.114 e. The summed E-state index contributed by atoms with van der Waals surface area (Å²) in [5.41, 5.74) is 0. The second-order valence-corrected chi connectivity index (χ2v) is 8.74. The van der Waals surface area contributed by atoms with E-state index in [1.165, 1.54) is 83.5 Å². The highest BCUT2D eigenvalue weighted by Gasteiger charge is 2.39. The monoisotopic (exact) mass is 428 g/mol. The lowest BCUT2D eigenvalue weighted by atomic mass is 10.0. The van der Waals surface area contributed by atoms with Gasteiger partial charge in [0.1, 0.15) is 24.4 Å². The molecule has 5 nitrogen and oxygen atoms in total. The number of hydrogen-bond donors (Lipinski definition) is 3. The lowest BCUT2D eigenvalue weighted by Gasteiger charge is -2.37. The Kier molecular flexibility index (Phi) is 17.7. The summed E-state index contributed by atoms with van der Waals surface area (Å²) in [5, 5.41) is 29.0. The van der Waals surface area contributed by atoms with Crippen LogP contribution < -0.4 is 0 Å². The molecule has 0 amide bonds. The fraction of sp³-hybridized carbons (Fsp3) is 0.920. The van der Waals surface area contributed by atoms with Crippen LogP contribution in [-0.2, 0) is 9.47 Å². The third-order valence-electron chi connectivity index (χ3n) is 5.97. The minimum absolute atomic E-state index is 0.0437. The summed E-state index contributed by atoms with van der Waals surface area (Å²) in [7, 11) is 0. The topological polar surface area (TPSA) is 79.2 Å². The van der Waals surface area contributed by atoms with E-state index in [1.54, 1.807) is 0 Å². The summed E-state index contributed by atoms with van der Waals surface area (Å²) in [6, 6.07) is 0. The Morgan fingerprint density at radius 1 is 0.800 bits per heavy atom. The summed E-state index contributed by atoms with van der Waals surface area (Å²) in [6.07, 6.45) is 20.7. The SMILES string of the molecule is CCCCCC/C=C/CCCCCCCCCCCO[C@@H]1[C@@H](O)[C@H](O)CO[C@H]1CO. The molecule has 0 aliphatic carbocycles. The van der Waals surface area contributed by atoms with Crippen LogP contribution in [0.3, 0.4) is 0 Å². The molecule has 1 fully saturated rings. The van der Waals surface area contributed by atoms with Crippen molar-refractivity contribution in [1.29, 1.82) is 0 Å². The van der Waals surface area contributed by atoms with Crippen LogP contribution in [0.1, 0.15) is 103 Å². The second-order valence-electron chi connectivity index (χ2n) is 8.74. The zero-order valence-electron chi connectivity index (χ0n) is 19.4. The maximum absolute atomic E-state index is 10.0. The molecule has 0 unspecified atom stereocenters. The third-order valence-corrected chi connectivity index (χ3v) is 5.97. The zero-order valence-corrected chi connectivity index (χ0v) is 19.4. The van der Waals surface area contributed by atoms with Crippen LogP contribution in [0.2, 0.25) is 0 Å². The Hall–Kier alpha value is -0.460. The molecule has 1 heterocycles. The molecule has 0 aromatic carbocycles. The first kappa shape index (κ1) is 27.6. The van der Waals surface area contributed by atoms with Gasteiger partial charge in [0.15, 0.2) is 0 Å². The Labute approximate surface area is 184 Å². The van der Waals surface area contributed by atoms with Gasteiger partial charge in [-0.2, -0.15) is 0 Å². The standard InChI is InChI=1S/C25H48O5/c1-2-3-4-5-6-7-8-9-10-11-12-13-14-15-16-17-18-19-29-25-23(20-26)30-21-22(27)24(25)28/h7-8,22-28H,2-6,9-21H2,1H3/b8-7+/t22-,23+,24+,25+/m1/s1. The fourth-order valence-electron chi connectivity index (χ4n) is 3.96. The van der Waals surface area contributed by atoms with Crippen molar-refractivity contribution in [2.75, 3.05) is 19.8 Å². The van der Waals surface area contributed by atoms with Crippen LogP contribution in [0, 0.1) is 0 Å². The summed E-state index contributed by atoms with van der Waals surface area (Å²) in [5.74, 6) is 0. The van der Waals surface area contributed by atoms with Gasteiger partial charge >= 0.3 is 0 Å². The molecular weight excluding hydrogens is 380 g/mol. The van der Waals surface area contributed by atoms with E-state index in [0.29, 0.717) is 6.61 Å². The zero-order chi connectivity index (χ0) is 21.9. The molecular formula is C25H48O5. The number of allylic oxidation sites excluding steroid dienone is 2.